The minimum atomic E-state index is -0.179. The van der Waals surface area contributed by atoms with Gasteiger partial charge in [0.2, 0.25) is 0 Å². The fraction of sp³-hybridized carbons (Fsp3) is 0.200. The summed E-state index contributed by atoms with van der Waals surface area (Å²) >= 11 is 0. The van der Waals surface area contributed by atoms with Crippen LogP contribution in [0, 0.1) is 6.92 Å². The Kier molecular flexibility index (Phi) is 6.73. The molecule has 8 heteroatoms. The molecule has 0 aliphatic heterocycles. The number of para-hydroxylation sites is 1. The van der Waals surface area contributed by atoms with Gasteiger partial charge in [-0.3, -0.25) is 4.79 Å². The molecule has 0 saturated heterocycles. The summed E-state index contributed by atoms with van der Waals surface area (Å²) in [4.78, 5) is 24.7. The number of anilines is 3. The Hall–Kier alpha value is -3.68. The van der Waals surface area contributed by atoms with Crippen LogP contribution >= 0.6 is 0 Å². The monoisotopic (exact) mass is 378 g/mol. The van der Waals surface area contributed by atoms with Gasteiger partial charge in [0.05, 0.1) is 0 Å². The van der Waals surface area contributed by atoms with Gasteiger partial charge in [0, 0.05) is 25.4 Å². The molecule has 0 aliphatic carbocycles. The van der Waals surface area contributed by atoms with Gasteiger partial charge in [-0.2, -0.15) is 0 Å². The number of aromatic nitrogens is 3. The van der Waals surface area contributed by atoms with Crippen LogP contribution in [-0.2, 0) is 4.79 Å². The van der Waals surface area contributed by atoms with Crippen LogP contribution in [0.4, 0.5) is 17.5 Å². The molecule has 1 aromatic carbocycles. The first-order valence-corrected chi connectivity index (χ1v) is 8.91. The van der Waals surface area contributed by atoms with Crippen molar-refractivity contribution in [2.24, 2.45) is 0 Å². The molecule has 0 atom stereocenters. The standard InChI is InChI=1S/C20H22N6O2/c1-15-24-18(13-19(25-15)26-17-9-5-6-10-21-17)22-11-12-23-20(27)14-28-16-7-3-2-4-8-16/h2-10,13H,11-12,14H2,1H3,(H,23,27)(H2,21,22,24,25,26). The number of ether oxygens (including phenoxy) is 1. The molecule has 2 aromatic heterocycles. The highest BCUT2D eigenvalue weighted by molar-refractivity contribution is 5.77. The predicted molar refractivity (Wildman–Crippen MR) is 108 cm³/mol. The van der Waals surface area contributed by atoms with Gasteiger partial charge in [-0.1, -0.05) is 24.3 Å². The van der Waals surface area contributed by atoms with Crippen molar-refractivity contribution in [3.05, 3.63) is 66.6 Å². The highest BCUT2D eigenvalue weighted by Gasteiger charge is 2.04. The molecule has 2 heterocycles. The molecule has 1 amide bonds. The predicted octanol–water partition coefficient (Wildman–Crippen LogP) is 2.53. The molecule has 0 bridgehead atoms. The number of benzene rings is 1. The summed E-state index contributed by atoms with van der Waals surface area (Å²) in [7, 11) is 0. The molecular weight excluding hydrogens is 356 g/mol. The molecule has 28 heavy (non-hydrogen) atoms. The third-order valence-corrected chi connectivity index (χ3v) is 3.63. The fourth-order valence-corrected chi connectivity index (χ4v) is 2.40. The Bertz CT molecular complexity index is 890. The van der Waals surface area contributed by atoms with E-state index in [0.29, 0.717) is 42.1 Å². The topological polar surface area (TPSA) is 101 Å². The summed E-state index contributed by atoms with van der Waals surface area (Å²) in [6.07, 6.45) is 1.71. The first-order valence-electron chi connectivity index (χ1n) is 8.91. The van der Waals surface area contributed by atoms with Crippen molar-refractivity contribution in [2.45, 2.75) is 6.92 Å². The average molecular weight is 378 g/mol. The first kappa shape index (κ1) is 19.1. The number of nitrogens with one attached hydrogen (secondary N) is 3. The zero-order chi connectivity index (χ0) is 19.6. The fourth-order valence-electron chi connectivity index (χ4n) is 2.40. The van der Waals surface area contributed by atoms with Crippen molar-refractivity contribution in [1.82, 2.24) is 20.3 Å². The Morgan fingerprint density at radius 2 is 1.75 bits per heavy atom. The van der Waals surface area contributed by atoms with Crippen LogP contribution in [0.25, 0.3) is 0 Å². The third-order valence-electron chi connectivity index (χ3n) is 3.63. The van der Waals surface area contributed by atoms with Crippen molar-refractivity contribution in [1.29, 1.82) is 0 Å². The van der Waals surface area contributed by atoms with E-state index in [4.69, 9.17) is 4.74 Å². The summed E-state index contributed by atoms with van der Waals surface area (Å²) in [5, 5.41) is 9.11. The Labute approximate surface area is 163 Å². The molecule has 0 radical (unpaired) electrons. The zero-order valence-corrected chi connectivity index (χ0v) is 15.6. The van der Waals surface area contributed by atoms with Crippen LogP contribution in [0.1, 0.15) is 5.82 Å². The molecule has 8 nitrogen and oxygen atoms in total. The second kappa shape index (κ2) is 9.86. The van der Waals surface area contributed by atoms with Gasteiger partial charge in [0.1, 0.15) is 29.0 Å². The summed E-state index contributed by atoms with van der Waals surface area (Å²) in [6, 6.07) is 16.6. The van der Waals surface area contributed by atoms with Crippen molar-refractivity contribution in [3.63, 3.8) is 0 Å². The van der Waals surface area contributed by atoms with Gasteiger partial charge in [-0.05, 0) is 31.2 Å². The molecular formula is C20H22N6O2. The van der Waals surface area contributed by atoms with Gasteiger partial charge < -0.3 is 20.7 Å². The number of rotatable bonds is 9. The molecule has 0 spiro atoms. The number of nitrogens with zero attached hydrogens (tertiary/aromatic N) is 3. The zero-order valence-electron chi connectivity index (χ0n) is 15.6. The van der Waals surface area contributed by atoms with Gasteiger partial charge in [0.15, 0.2) is 6.61 Å². The van der Waals surface area contributed by atoms with E-state index in [1.165, 1.54) is 0 Å². The van der Waals surface area contributed by atoms with E-state index >= 15 is 0 Å². The number of hydrogen-bond acceptors (Lipinski definition) is 7. The highest BCUT2D eigenvalue weighted by Crippen LogP contribution is 2.15. The largest absolute Gasteiger partial charge is 0.484 e. The summed E-state index contributed by atoms with van der Waals surface area (Å²) in [6.45, 7) is 2.77. The number of carbonyl (C=O) groups excluding carboxylic acids is 1. The quantitative estimate of drug-likeness (QED) is 0.492. The van der Waals surface area contributed by atoms with Crippen LogP contribution in [0.2, 0.25) is 0 Å². The van der Waals surface area contributed by atoms with Crippen molar-refractivity contribution in [2.75, 3.05) is 30.3 Å². The van der Waals surface area contributed by atoms with Crippen LogP contribution in [0.15, 0.2) is 60.8 Å². The lowest BCUT2D eigenvalue weighted by Crippen LogP contribution is -2.32. The number of carbonyl (C=O) groups is 1. The summed E-state index contributed by atoms with van der Waals surface area (Å²) in [5.41, 5.74) is 0. The Morgan fingerprint density at radius 3 is 2.54 bits per heavy atom. The van der Waals surface area contributed by atoms with E-state index in [2.05, 4.69) is 30.9 Å². The number of aryl methyl sites for hydroxylation is 1. The first-order chi connectivity index (χ1) is 13.7. The van der Waals surface area contributed by atoms with Crippen LogP contribution in [0.3, 0.4) is 0 Å². The summed E-state index contributed by atoms with van der Waals surface area (Å²) < 4.78 is 5.40. The molecule has 0 saturated carbocycles. The average Bonchev–Trinajstić information content (AvgIpc) is 2.71. The maximum atomic E-state index is 11.8. The van der Waals surface area contributed by atoms with E-state index in [9.17, 15) is 4.79 Å². The van der Waals surface area contributed by atoms with Crippen molar-refractivity contribution in [3.8, 4) is 5.75 Å². The molecule has 0 unspecified atom stereocenters. The summed E-state index contributed by atoms with van der Waals surface area (Å²) in [5.74, 6) is 3.14. The van der Waals surface area contributed by atoms with Gasteiger partial charge >= 0.3 is 0 Å². The molecule has 3 N–H and O–H groups in total. The normalized spacial score (nSPS) is 10.2. The van der Waals surface area contributed by atoms with E-state index in [1.807, 2.05) is 55.5 Å². The van der Waals surface area contributed by atoms with Crippen LogP contribution < -0.4 is 20.7 Å². The van der Waals surface area contributed by atoms with Gasteiger partial charge in [-0.25, -0.2) is 15.0 Å². The molecule has 3 rings (SSSR count). The minimum Gasteiger partial charge on any atom is -0.484 e. The van der Waals surface area contributed by atoms with Crippen LogP contribution in [-0.4, -0.2) is 40.6 Å². The SMILES string of the molecule is Cc1nc(NCCNC(=O)COc2ccccc2)cc(Nc2ccccn2)n1. The van der Waals surface area contributed by atoms with Crippen molar-refractivity contribution >= 4 is 23.4 Å². The Balaban J connectivity index is 1.42. The number of pyridine rings is 1. The molecule has 3 aromatic rings. The third kappa shape index (κ3) is 6.24. The van der Waals surface area contributed by atoms with Crippen molar-refractivity contribution < 1.29 is 9.53 Å². The lowest BCUT2D eigenvalue weighted by Gasteiger charge is -2.11. The van der Waals surface area contributed by atoms with E-state index < -0.39 is 0 Å². The smallest absolute Gasteiger partial charge is 0.258 e. The maximum Gasteiger partial charge on any atom is 0.258 e. The Morgan fingerprint density at radius 1 is 0.964 bits per heavy atom. The lowest BCUT2D eigenvalue weighted by atomic mass is 10.3. The maximum absolute atomic E-state index is 11.8. The lowest BCUT2D eigenvalue weighted by molar-refractivity contribution is -0.123. The molecule has 0 fully saturated rings. The second-order valence-corrected chi connectivity index (χ2v) is 5.90. The minimum absolute atomic E-state index is 0.0191. The highest BCUT2D eigenvalue weighted by atomic mass is 16.5. The van der Waals surface area contributed by atoms with E-state index in [-0.39, 0.29) is 12.5 Å². The number of amides is 1. The molecule has 0 aliphatic rings. The molecule has 144 valence electrons. The van der Waals surface area contributed by atoms with Crippen LogP contribution in [0.5, 0.6) is 5.75 Å². The van der Waals surface area contributed by atoms with E-state index in [1.54, 1.807) is 12.3 Å². The second-order valence-electron chi connectivity index (χ2n) is 5.90. The van der Waals surface area contributed by atoms with Gasteiger partial charge in [0.25, 0.3) is 5.91 Å². The van der Waals surface area contributed by atoms with Gasteiger partial charge in [-0.15, -0.1) is 0 Å². The number of hydrogen-bond donors (Lipinski definition) is 3. The van der Waals surface area contributed by atoms with E-state index in [0.717, 1.165) is 0 Å².